The molecule has 0 aliphatic heterocycles. The Morgan fingerprint density at radius 3 is 2.11 bits per heavy atom. The molecule has 4 nitrogen and oxygen atoms in total. The van der Waals surface area contributed by atoms with Gasteiger partial charge in [-0.25, -0.2) is 18.7 Å². The van der Waals surface area contributed by atoms with Gasteiger partial charge in [-0.15, -0.1) is 0 Å². The van der Waals surface area contributed by atoms with Crippen LogP contribution in [0.3, 0.4) is 0 Å². The zero-order chi connectivity index (χ0) is 19.9. The highest BCUT2D eigenvalue weighted by Crippen LogP contribution is 2.28. The largest absolute Gasteiger partial charge is 0.508 e. The molecule has 0 amide bonds. The second-order valence-corrected chi connectivity index (χ2v) is 6.52. The van der Waals surface area contributed by atoms with E-state index in [0.717, 1.165) is 36.8 Å². The minimum atomic E-state index is -0.767. The number of nitrogens with zero attached hydrogens (tertiary/aromatic N) is 2. The van der Waals surface area contributed by atoms with Crippen LogP contribution in [0.25, 0.3) is 22.5 Å². The minimum absolute atomic E-state index is 0.167. The van der Waals surface area contributed by atoms with Crippen molar-refractivity contribution in [1.29, 1.82) is 0 Å². The van der Waals surface area contributed by atoms with Crippen LogP contribution in [0, 0.1) is 11.6 Å². The van der Waals surface area contributed by atoms with Gasteiger partial charge in [0.05, 0.1) is 6.61 Å². The van der Waals surface area contributed by atoms with E-state index in [4.69, 9.17) is 4.74 Å². The molecule has 0 spiro atoms. The van der Waals surface area contributed by atoms with Gasteiger partial charge in [-0.3, -0.25) is 0 Å². The molecule has 0 aliphatic carbocycles. The molecular formula is C22H22F2N2O2. The lowest BCUT2D eigenvalue weighted by Gasteiger charge is -2.10. The maximum atomic E-state index is 14.3. The zero-order valence-corrected chi connectivity index (χ0v) is 15.7. The van der Waals surface area contributed by atoms with Gasteiger partial charge in [0.2, 0.25) is 0 Å². The SMILES string of the molecule is CCCCCCOc1c(F)cc(-c2ncc(-c3ccc(O)cc3)cn2)cc1F. The van der Waals surface area contributed by atoms with Crippen molar-refractivity contribution < 1.29 is 18.6 Å². The number of aromatic hydroxyl groups is 1. The number of hydrogen-bond donors (Lipinski definition) is 1. The third-order valence-electron chi connectivity index (χ3n) is 4.35. The molecule has 0 saturated heterocycles. The number of phenols is 1. The van der Waals surface area contributed by atoms with E-state index in [0.29, 0.717) is 0 Å². The van der Waals surface area contributed by atoms with Crippen LogP contribution < -0.4 is 4.74 Å². The molecule has 0 bridgehead atoms. The molecule has 3 aromatic rings. The zero-order valence-electron chi connectivity index (χ0n) is 15.7. The Morgan fingerprint density at radius 2 is 1.50 bits per heavy atom. The maximum Gasteiger partial charge on any atom is 0.190 e. The topological polar surface area (TPSA) is 55.2 Å². The highest BCUT2D eigenvalue weighted by atomic mass is 19.1. The third-order valence-corrected chi connectivity index (χ3v) is 4.35. The molecule has 146 valence electrons. The number of unbranched alkanes of at least 4 members (excludes halogenated alkanes) is 3. The standard InChI is InChI=1S/C22H22F2N2O2/c1-2-3-4-5-10-28-21-19(23)11-16(12-20(21)24)22-25-13-17(14-26-22)15-6-8-18(27)9-7-15/h6-9,11-14,27H,2-5,10H2,1H3. The Morgan fingerprint density at radius 1 is 0.857 bits per heavy atom. The Hall–Kier alpha value is -3.02. The molecule has 0 saturated carbocycles. The van der Waals surface area contributed by atoms with E-state index in [1.165, 1.54) is 12.1 Å². The molecule has 6 heteroatoms. The number of benzene rings is 2. The Labute approximate surface area is 162 Å². The predicted molar refractivity (Wildman–Crippen MR) is 104 cm³/mol. The minimum Gasteiger partial charge on any atom is -0.508 e. The van der Waals surface area contributed by atoms with Crippen molar-refractivity contribution in [3.63, 3.8) is 0 Å². The summed E-state index contributed by atoms with van der Waals surface area (Å²) in [5, 5.41) is 9.35. The first-order valence-electron chi connectivity index (χ1n) is 9.32. The Balaban J connectivity index is 1.73. The summed E-state index contributed by atoms with van der Waals surface area (Å²) in [6.45, 7) is 2.38. The van der Waals surface area contributed by atoms with E-state index in [2.05, 4.69) is 16.9 Å². The number of ether oxygens (including phenoxy) is 1. The molecular weight excluding hydrogens is 362 g/mol. The highest BCUT2D eigenvalue weighted by Gasteiger charge is 2.15. The second-order valence-electron chi connectivity index (χ2n) is 6.52. The first-order chi connectivity index (χ1) is 13.6. The van der Waals surface area contributed by atoms with E-state index >= 15 is 0 Å². The molecule has 28 heavy (non-hydrogen) atoms. The Kier molecular flexibility index (Phi) is 6.53. The van der Waals surface area contributed by atoms with Gasteiger partial charge in [0.1, 0.15) is 5.75 Å². The average Bonchev–Trinajstić information content (AvgIpc) is 2.70. The summed E-state index contributed by atoms with van der Waals surface area (Å²) in [7, 11) is 0. The van der Waals surface area contributed by atoms with Gasteiger partial charge in [0.25, 0.3) is 0 Å². The number of halogens is 2. The summed E-state index contributed by atoms with van der Waals surface area (Å²) in [5.74, 6) is -1.51. The van der Waals surface area contributed by atoms with Crippen molar-refractivity contribution in [1.82, 2.24) is 9.97 Å². The molecule has 3 rings (SSSR count). The van der Waals surface area contributed by atoms with E-state index in [9.17, 15) is 13.9 Å². The molecule has 2 aromatic carbocycles. The molecule has 0 unspecified atom stereocenters. The summed E-state index contributed by atoms with van der Waals surface area (Å²) in [6, 6.07) is 8.96. The van der Waals surface area contributed by atoms with Gasteiger partial charge in [-0.1, -0.05) is 38.3 Å². The summed E-state index contributed by atoms with van der Waals surface area (Å²) in [4.78, 5) is 8.42. The average molecular weight is 384 g/mol. The lowest BCUT2D eigenvalue weighted by Crippen LogP contribution is -2.02. The number of aromatic nitrogens is 2. The summed E-state index contributed by atoms with van der Waals surface area (Å²) < 4.78 is 33.9. The third kappa shape index (κ3) is 4.82. The number of phenolic OH excluding ortho intramolecular Hbond substituents is 1. The molecule has 0 atom stereocenters. The second kappa shape index (κ2) is 9.26. The van der Waals surface area contributed by atoms with Crippen LogP contribution in [-0.4, -0.2) is 21.7 Å². The van der Waals surface area contributed by atoms with Crippen molar-refractivity contribution in [2.75, 3.05) is 6.61 Å². The van der Waals surface area contributed by atoms with E-state index in [1.54, 1.807) is 36.7 Å². The molecule has 1 aromatic heterocycles. The fourth-order valence-electron chi connectivity index (χ4n) is 2.81. The normalized spacial score (nSPS) is 10.8. The molecule has 0 radical (unpaired) electrons. The molecule has 1 N–H and O–H groups in total. The van der Waals surface area contributed by atoms with Gasteiger partial charge in [0.15, 0.2) is 23.2 Å². The lowest BCUT2D eigenvalue weighted by molar-refractivity contribution is 0.275. The van der Waals surface area contributed by atoms with Crippen LogP contribution in [0.15, 0.2) is 48.8 Å². The predicted octanol–water partition coefficient (Wildman–Crippen LogP) is 5.75. The first-order valence-corrected chi connectivity index (χ1v) is 9.32. The fraction of sp³-hybridized carbons (Fsp3) is 0.273. The van der Waals surface area contributed by atoms with Crippen LogP contribution in [0.1, 0.15) is 32.6 Å². The van der Waals surface area contributed by atoms with Gasteiger partial charge < -0.3 is 9.84 Å². The molecule has 0 fully saturated rings. The molecule has 1 heterocycles. The van der Waals surface area contributed by atoms with Crippen LogP contribution in [0.2, 0.25) is 0 Å². The van der Waals surface area contributed by atoms with Crippen molar-refractivity contribution in [3.05, 3.63) is 60.4 Å². The van der Waals surface area contributed by atoms with E-state index in [-0.39, 0.29) is 29.5 Å². The van der Waals surface area contributed by atoms with Crippen molar-refractivity contribution >= 4 is 0 Å². The monoisotopic (exact) mass is 384 g/mol. The summed E-state index contributed by atoms with van der Waals surface area (Å²) in [5.41, 5.74) is 1.80. The first kappa shape index (κ1) is 19.7. The van der Waals surface area contributed by atoms with E-state index in [1.807, 2.05) is 0 Å². The van der Waals surface area contributed by atoms with E-state index < -0.39 is 11.6 Å². The molecule has 0 aliphatic rings. The van der Waals surface area contributed by atoms with Crippen molar-refractivity contribution in [2.24, 2.45) is 0 Å². The fourth-order valence-corrected chi connectivity index (χ4v) is 2.81. The van der Waals surface area contributed by atoms with Crippen molar-refractivity contribution in [3.8, 4) is 34.0 Å². The van der Waals surface area contributed by atoms with Gasteiger partial charge >= 0.3 is 0 Å². The highest BCUT2D eigenvalue weighted by molar-refractivity contribution is 5.64. The quantitative estimate of drug-likeness (QED) is 0.502. The van der Waals surface area contributed by atoms with Gasteiger partial charge in [0, 0.05) is 23.5 Å². The summed E-state index contributed by atoms with van der Waals surface area (Å²) in [6.07, 6.45) is 7.04. The van der Waals surface area contributed by atoms with Crippen LogP contribution in [0.5, 0.6) is 11.5 Å². The smallest absolute Gasteiger partial charge is 0.190 e. The van der Waals surface area contributed by atoms with Crippen LogP contribution >= 0.6 is 0 Å². The lowest BCUT2D eigenvalue weighted by atomic mass is 10.1. The number of hydrogen-bond acceptors (Lipinski definition) is 4. The van der Waals surface area contributed by atoms with Gasteiger partial charge in [-0.2, -0.15) is 0 Å². The summed E-state index contributed by atoms with van der Waals surface area (Å²) >= 11 is 0. The Bertz CT molecular complexity index is 890. The van der Waals surface area contributed by atoms with Crippen LogP contribution in [-0.2, 0) is 0 Å². The number of rotatable bonds is 8. The van der Waals surface area contributed by atoms with Crippen molar-refractivity contribution in [2.45, 2.75) is 32.6 Å². The van der Waals surface area contributed by atoms with Gasteiger partial charge in [-0.05, 0) is 36.2 Å². The maximum absolute atomic E-state index is 14.3. The van der Waals surface area contributed by atoms with Crippen LogP contribution in [0.4, 0.5) is 8.78 Å².